The molecule has 0 bridgehead atoms. The molecule has 0 aliphatic carbocycles. The van der Waals surface area contributed by atoms with Crippen molar-refractivity contribution in [3.05, 3.63) is 48.5 Å². The van der Waals surface area contributed by atoms with E-state index < -0.39 is 6.10 Å². The number of carbonyl (C=O) groups is 1. The van der Waals surface area contributed by atoms with Gasteiger partial charge >= 0.3 is 0 Å². The number of amides is 1. The summed E-state index contributed by atoms with van der Waals surface area (Å²) in [5, 5.41) is 3.13. The second-order valence-corrected chi connectivity index (χ2v) is 6.30. The Morgan fingerprint density at radius 3 is 2.41 bits per heavy atom. The molecule has 1 amide bonds. The van der Waals surface area contributed by atoms with E-state index in [0.29, 0.717) is 22.5 Å². The number of carbonyl (C=O) groups excluding carboxylic acids is 1. The molecule has 1 aromatic heterocycles. The normalized spacial score (nSPS) is 11.5. The summed E-state index contributed by atoms with van der Waals surface area (Å²) >= 11 is 1.11. The molecule has 0 unspecified atom stereocenters. The Labute approximate surface area is 161 Å². The second-order valence-electron chi connectivity index (χ2n) is 5.55. The number of hydrogen-bond donors (Lipinski definition) is 1. The van der Waals surface area contributed by atoms with E-state index in [-0.39, 0.29) is 5.91 Å². The lowest BCUT2D eigenvalue weighted by atomic mass is 10.2. The predicted octanol–water partition coefficient (Wildman–Crippen LogP) is 3.63. The van der Waals surface area contributed by atoms with Crippen LogP contribution in [0, 0.1) is 0 Å². The molecule has 27 heavy (non-hydrogen) atoms. The Bertz CT molecular complexity index is 911. The van der Waals surface area contributed by atoms with Gasteiger partial charge in [-0.25, -0.2) is 0 Å². The molecule has 140 valence electrons. The Kier molecular flexibility index (Phi) is 5.87. The molecule has 8 heteroatoms. The first-order valence-electron chi connectivity index (χ1n) is 8.19. The molecule has 0 radical (unpaired) electrons. The summed E-state index contributed by atoms with van der Waals surface area (Å²) in [6.45, 7) is 1.66. The van der Waals surface area contributed by atoms with Gasteiger partial charge in [-0.3, -0.25) is 10.1 Å². The van der Waals surface area contributed by atoms with Gasteiger partial charge < -0.3 is 14.2 Å². The third-order valence-electron chi connectivity index (χ3n) is 3.75. The van der Waals surface area contributed by atoms with E-state index >= 15 is 0 Å². The van der Waals surface area contributed by atoms with Crippen molar-refractivity contribution >= 4 is 22.6 Å². The largest absolute Gasteiger partial charge is 0.497 e. The maximum atomic E-state index is 12.4. The molecular formula is C19H19N3O4S. The smallest absolute Gasteiger partial charge is 0.266 e. The molecule has 2 aromatic carbocycles. The minimum atomic E-state index is -0.727. The number of methoxy groups -OCH3 is 2. The van der Waals surface area contributed by atoms with Crippen molar-refractivity contribution in [3.8, 4) is 28.6 Å². The summed E-state index contributed by atoms with van der Waals surface area (Å²) in [6, 6.07) is 14.5. The van der Waals surface area contributed by atoms with Crippen molar-refractivity contribution < 1.29 is 19.0 Å². The van der Waals surface area contributed by atoms with Crippen LogP contribution in [0.25, 0.3) is 11.4 Å². The summed E-state index contributed by atoms with van der Waals surface area (Å²) in [5.74, 6) is 2.04. The van der Waals surface area contributed by atoms with Crippen LogP contribution in [0.1, 0.15) is 6.92 Å². The average molecular weight is 385 g/mol. The summed E-state index contributed by atoms with van der Waals surface area (Å²) in [6.07, 6.45) is -0.727. The number of aromatic nitrogens is 2. The van der Waals surface area contributed by atoms with Gasteiger partial charge in [0.05, 0.1) is 14.2 Å². The SMILES string of the molecule is COc1ccc(-c2nsc(NC(=O)[C@H](C)Oc3ccccc3OC)n2)cc1. The fraction of sp³-hybridized carbons (Fsp3) is 0.211. The number of para-hydroxylation sites is 2. The maximum absolute atomic E-state index is 12.4. The quantitative estimate of drug-likeness (QED) is 0.669. The van der Waals surface area contributed by atoms with Crippen LogP contribution < -0.4 is 19.5 Å². The minimum Gasteiger partial charge on any atom is -0.497 e. The van der Waals surface area contributed by atoms with Crippen LogP contribution in [0.5, 0.6) is 17.2 Å². The molecule has 0 saturated carbocycles. The van der Waals surface area contributed by atoms with Gasteiger partial charge in [0.15, 0.2) is 23.4 Å². The maximum Gasteiger partial charge on any atom is 0.266 e. The monoisotopic (exact) mass is 385 g/mol. The summed E-state index contributed by atoms with van der Waals surface area (Å²) in [7, 11) is 3.16. The second kappa shape index (κ2) is 8.50. The highest BCUT2D eigenvalue weighted by molar-refractivity contribution is 7.10. The van der Waals surface area contributed by atoms with Crippen molar-refractivity contribution in [2.75, 3.05) is 19.5 Å². The van der Waals surface area contributed by atoms with Crippen LogP contribution in [0.4, 0.5) is 5.13 Å². The van der Waals surface area contributed by atoms with Gasteiger partial charge in [-0.05, 0) is 43.3 Å². The van der Waals surface area contributed by atoms with Crippen molar-refractivity contribution in [2.24, 2.45) is 0 Å². The molecule has 1 N–H and O–H groups in total. The number of anilines is 1. The fourth-order valence-electron chi connectivity index (χ4n) is 2.30. The zero-order valence-electron chi connectivity index (χ0n) is 15.1. The topological polar surface area (TPSA) is 82.6 Å². The van der Waals surface area contributed by atoms with Gasteiger partial charge in [0, 0.05) is 17.1 Å². The van der Waals surface area contributed by atoms with Gasteiger partial charge in [0.2, 0.25) is 5.13 Å². The first-order chi connectivity index (χ1) is 13.1. The Balaban J connectivity index is 1.64. The third-order valence-corrected chi connectivity index (χ3v) is 4.38. The molecular weight excluding hydrogens is 366 g/mol. The molecule has 7 nitrogen and oxygen atoms in total. The standard InChI is InChI=1S/C19H19N3O4S/c1-12(26-16-7-5-4-6-15(16)25-3)18(23)21-19-20-17(22-27-19)13-8-10-14(24-2)11-9-13/h4-12H,1-3H3,(H,20,21,22,23)/t12-/m0/s1. The van der Waals surface area contributed by atoms with E-state index in [1.807, 2.05) is 36.4 Å². The molecule has 0 spiro atoms. The van der Waals surface area contributed by atoms with Crippen molar-refractivity contribution in [1.82, 2.24) is 9.36 Å². The van der Waals surface area contributed by atoms with Crippen LogP contribution in [0.15, 0.2) is 48.5 Å². The molecule has 0 saturated heterocycles. The van der Waals surface area contributed by atoms with Crippen molar-refractivity contribution in [2.45, 2.75) is 13.0 Å². The van der Waals surface area contributed by atoms with Crippen LogP contribution in [-0.2, 0) is 4.79 Å². The lowest BCUT2D eigenvalue weighted by Crippen LogP contribution is -2.30. The summed E-state index contributed by atoms with van der Waals surface area (Å²) in [5.41, 5.74) is 0.839. The molecule has 1 atom stereocenters. The summed E-state index contributed by atoms with van der Waals surface area (Å²) < 4.78 is 20.3. The Hall–Kier alpha value is -3.13. The van der Waals surface area contributed by atoms with Gasteiger partial charge in [-0.1, -0.05) is 12.1 Å². The number of nitrogens with zero attached hydrogens (tertiary/aromatic N) is 2. The van der Waals surface area contributed by atoms with Crippen LogP contribution in [0.2, 0.25) is 0 Å². The van der Waals surface area contributed by atoms with E-state index in [9.17, 15) is 4.79 Å². The highest BCUT2D eigenvalue weighted by Gasteiger charge is 2.18. The molecule has 3 aromatic rings. The fourth-order valence-corrected chi connectivity index (χ4v) is 2.89. The van der Waals surface area contributed by atoms with Gasteiger partial charge in [-0.2, -0.15) is 9.36 Å². The first kappa shape index (κ1) is 18.7. The van der Waals surface area contributed by atoms with Crippen LogP contribution in [-0.4, -0.2) is 35.6 Å². The Morgan fingerprint density at radius 1 is 1.04 bits per heavy atom. The number of ether oxygens (including phenoxy) is 3. The minimum absolute atomic E-state index is 0.321. The molecule has 0 fully saturated rings. The van der Waals surface area contributed by atoms with E-state index in [4.69, 9.17) is 14.2 Å². The van der Waals surface area contributed by atoms with Crippen LogP contribution >= 0.6 is 11.5 Å². The number of nitrogens with one attached hydrogen (secondary N) is 1. The van der Waals surface area contributed by atoms with Crippen LogP contribution in [0.3, 0.4) is 0 Å². The number of hydrogen-bond acceptors (Lipinski definition) is 7. The van der Waals surface area contributed by atoms with E-state index in [2.05, 4.69) is 14.7 Å². The van der Waals surface area contributed by atoms with Crippen molar-refractivity contribution in [3.63, 3.8) is 0 Å². The molecule has 0 aliphatic heterocycles. The first-order valence-corrected chi connectivity index (χ1v) is 8.96. The predicted molar refractivity (Wildman–Crippen MR) is 104 cm³/mol. The summed E-state index contributed by atoms with van der Waals surface area (Å²) in [4.78, 5) is 16.7. The lowest BCUT2D eigenvalue weighted by Gasteiger charge is -2.15. The molecule has 0 aliphatic rings. The van der Waals surface area contributed by atoms with Gasteiger partial charge in [0.25, 0.3) is 5.91 Å². The van der Waals surface area contributed by atoms with Gasteiger partial charge in [0.1, 0.15) is 5.75 Å². The highest BCUT2D eigenvalue weighted by atomic mass is 32.1. The highest BCUT2D eigenvalue weighted by Crippen LogP contribution is 2.27. The van der Waals surface area contributed by atoms with E-state index in [1.165, 1.54) is 0 Å². The van der Waals surface area contributed by atoms with E-state index in [0.717, 1.165) is 22.8 Å². The Morgan fingerprint density at radius 2 is 1.74 bits per heavy atom. The molecule has 3 rings (SSSR count). The number of rotatable bonds is 7. The lowest BCUT2D eigenvalue weighted by molar-refractivity contribution is -0.122. The van der Waals surface area contributed by atoms with Crippen molar-refractivity contribution in [1.29, 1.82) is 0 Å². The zero-order valence-corrected chi connectivity index (χ0v) is 15.9. The molecule has 1 heterocycles. The van der Waals surface area contributed by atoms with Gasteiger partial charge in [-0.15, -0.1) is 0 Å². The third kappa shape index (κ3) is 4.53. The zero-order chi connectivity index (χ0) is 19.2. The number of benzene rings is 2. The van der Waals surface area contributed by atoms with E-state index in [1.54, 1.807) is 33.3 Å². The average Bonchev–Trinajstić information content (AvgIpc) is 3.16.